The normalized spacial score (nSPS) is 16.7. The SMILES string of the molecule is Cc1ccc(OCC(C)C)c(C(=O)CCN2CCC(C)CC2)c1. The van der Waals surface area contributed by atoms with E-state index >= 15 is 0 Å². The monoisotopic (exact) mass is 317 g/mol. The molecule has 23 heavy (non-hydrogen) atoms. The van der Waals surface area contributed by atoms with E-state index in [9.17, 15) is 4.79 Å². The fourth-order valence-electron chi connectivity index (χ4n) is 2.92. The van der Waals surface area contributed by atoms with E-state index in [1.165, 1.54) is 12.8 Å². The Kier molecular flexibility index (Phi) is 6.64. The molecule has 0 amide bonds. The summed E-state index contributed by atoms with van der Waals surface area (Å²) in [4.78, 5) is 15.1. The lowest BCUT2D eigenvalue weighted by molar-refractivity contribution is 0.0948. The number of piperidine rings is 1. The Balaban J connectivity index is 1.96. The number of rotatable bonds is 7. The highest BCUT2D eigenvalue weighted by molar-refractivity contribution is 5.99. The van der Waals surface area contributed by atoms with Crippen LogP contribution in [0.3, 0.4) is 0 Å². The molecule has 0 aromatic heterocycles. The molecule has 0 saturated carbocycles. The zero-order valence-electron chi connectivity index (χ0n) is 15.1. The lowest BCUT2D eigenvalue weighted by Gasteiger charge is -2.29. The van der Waals surface area contributed by atoms with Gasteiger partial charge >= 0.3 is 0 Å². The summed E-state index contributed by atoms with van der Waals surface area (Å²) >= 11 is 0. The molecule has 1 aromatic carbocycles. The van der Waals surface area contributed by atoms with Crippen LogP contribution in [0, 0.1) is 18.8 Å². The van der Waals surface area contributed by atoms with Gasteiger partial charge in [0.25, 0.3) is 0 Å². The topological polar surface area (TPSA) is 29.5 Å². The molecule has 3 nitrogen and oxygen atoms in total. The summed E-state index contributed by atoms with van der Waals surface area (Å²) in [6, 6.07) is 5.92. The van der Waals surface area contributed by atoms with Crippen molar-refractivity contribution in [3.05, 3.63) is 29.3 Å². The standard InChI is InChI=1S/C20H31NO2/c1-15(2)14-23-20-6-5-17(4)13-18(20)19(22)9-12-21-10-7-16(3)8-11-21/h5-6,13,15-16H,7-12,14H2,1-4H3. The Morgan fingerprint density at radius 2 is 2.00 bits per heavy atom. The molecule has 0 aliphatic carbocycles. The molecule has 0 spiro atoms. The van der Waals surface area contributed by atoms with Gasteiger partial charge in [0.15, 0.2) is 5.78 Å². The second kappa shape index (κ2) is 8.49. The predicted octanol–water partition coefficient (Wildman–Crippen LogP) is 4.33. The minimum absolute atomic E-state index is 0.200. The van der Waals surface area contributed by atoms with Crippen molar-refractivity contribution in [1.82, 2.24) is 4.90 Å². The van der Waals surface area contributed by atoms with Crippen LogP contribution in [0.4, 0.5) is 0 Å². The smallest absolute Gasteiger partial charge is 0.167 e. The first-order chi connectivity index (χ1) is 11.0. The lowest BCUT2D eigenvalue weighted by Crippen LogP contribution is -2.34. The number of hydrogen-bond donors (Lipinski definition) is 0. The van der Waals surface area contributed by atoms with E-state index in [0.29, 0.717) is 18.9 Å². The first-order valence-electron chi connectivity index (χ1n) is 8.94. The van der Waals surface area contributed by atoms with Crippen molar-refractivity contribution in [3.8, 4) is 5.75 Å². The van der Waals surface area contributed by atoms with Crippen LogP contribution in [0.25, 0.3) is 0 Å². The van der Waals surface area contributed by atoms with E-state index in [-0.39, 0.29) is 5.78 Å². The van der Waals surface area contributed by atoms with Gasteiger partial charge in [-0.1, -0.05) is 32.4 Å². The van der Waals surface area contributed by atoms with Crippen LogP contribution >= 0.6 is 0 Å². The van der Waals surface area contributed by atoms with Crippen LogP contribution in [0.5, 0.6) is 5.75 Å². The van der Waals surface area contributed by atoms with Crippen molar-refractivity contribution < 1.29 is 9.53 Å². The third kappa shape index (κ3) is 5.65. The second-order valence-corrected chi connectivity index (χ2v) is 7.40. The molecule has 2 rings (SSSR count). The maximum absolute atomic E-state index is 12.7. The highest BCUT2D eigenvalue weighted by atomic mass is 16.5. The largest absolute Gasteiger partial charge is 0.493 e. The number of hydrogen-bond acceptors (Lipinski definition) is 3. The Labute approximate surface area is 141 Å². The molecule has 1 fully saturated rings. The first-order valence-corrected chi connectivity index (χ1v) is 8.94. The van der Waals surface area contributed by atoms with Gasteiger partial charge in [0.2, 0.25) is 0 Å². The Morgan fingerprint density at radius 1 is 1.30 bits per heavy atom. The summed E-state index contributed by atoms with van der Waals surface area (Å²) in [5, 5.41) is 0. The highest BCUT2D eigenvalue weighted by Crippen LogP contribution is 2.23. The molecule has 0 N–H and O–H groups in total. The average Bonchev–Trinajstić information content (AvgIpc) is 2.52. The fourth-order valence-corrected chi connectivity index (χ4v) is 2.92. The summed E-state index contributed by atoms with van der Waals surface area (Å²) in [7, 11) is 0. The zero-order valence-corrected chi connectivity index (χ0v) is 15.1. The maximum atomic E-state index is 12.7. The molecular formula is C20H31NO2. The molecule has 1 aliphatic rings. The van der Waals surface area contributed by atoms with Crippen molar-refractivity contribution >= 4 is 5.78 Å². The van der Waals surface area contributed by atoms with Gasteiger partial charge in [-0.2, -0.15) is 0 Å². The number of benzene rings is 1. The summed E-state index contributed by atoms with van der Waals surface area (Å²) < 4.78 is 5.85. The minimum atomic E-state index is 0.200. The van der Waals surface area contributed by atoms with Crippen LogP contribution < -0.4 is 4.74 Å². The molecule has 1 heterocycles. The Hall–Kier alpha value is -1.35. The lowest BCUT2D eigenvalue weighted by atomic mass is 9.98. The van der Waals surface area contributed by atoms with Crippen molar-refractivity contribution in [2.75, 3.05) is 26.2 Å². The number of nitrogens with zero attached hydrogens (tertiary/aromatic N) is 1. The molecule has 0 radical (unpaired) electrons. The van der Waals surface area contributed by atoms with E-state index in [1.807, 2.05) is 25.1 Å². The van der Waals surface area contributed by atoms with E-state index in [2.05, 4.69) is 25.7 Å². The van der Waals surface area contributed by atoms with Crippen LogP contribution in [-0.4, -0.2) is 36.9 Å². The summed E-state index contributed by atoms with van der Waals surface area (Å²) in [6.07, 6.45) is 3.08. The fraction of sp³-hybridized carbons (Fsp3) is 0.650. The van der Waals surface area contributed by atoms with Crippen LogP contribution in [0.15, 0.2) is 18.2 Å². The van der Waals surface area contributed by atoms with Crippen molar-refractivity contribution in [3.63, 3.8) is 0 Å². The number of ether oxygens (including phenoxy) is 1. The molecule has 128 valence electrons. The molecule has 0 atom stereocenters. The number of likely N-dealkylation sites (tertiary alicyclic amines) is 1. The van der Waals surface area contributed by atoms with Gasteiger partial charge in [-0.3, -0.25) is 4.79 Å². The third-order valence-corrected chi connectivity index (χ3v) is 4.54. The van der Waals surface area contributed by atoms with E-state index in [1.54, 1.807) is 0 Å². The van der Waals surface area contributed by atoms with E-state index < -0.39 is 0 Å². The molecule has 1 aromatic rings. The van der Waals surface area contributed by atoms with Gasteiger partial charge in [0.1, 0.15) is 5.75 Å². The molecule has 1 saturated heterocycles. The van der Waals surface area contributed by atoms with Crippen LogP contribution in [0.2, 0.25) is 0 Å². The van der Waals surface area contributed by atoms with Gasteiger partial charge < -0.3 is 9.64 Å². The maximum Gasteiger partial charge on any atom is 0.167 e. The molecule has 0 unspecified atom stereocenters. The van der Waals surface area contributed by atoms with Gasteiger partial charge in [-0.15, -0.1) is 0 Å². The number of Topliss-reactive ketones (excluding diaryl/α,β-unsaturated/α-hetero) is 1. The predicted molar refractivity (Wildman–Crippen MR) is 95.3 cm³/mol. The van der Waals surface area contributed by atoms with E-state index in [4.69, 9.17) is 4.74 Å². The van der Waals surface area contributed by atoms with E-state index in [0.717, 1.165) is 42.4 Å². The second-order valence-electron chi connectivity index (χ2n) is 7.40. The van der Waals surface area contributed by atoms with Crippen molar-refractivity contribution in [2.45, 2.75) is 47.0 Å². The van der Waals surface area contributed by atoms with Crippen LogP contribution in [-0.2, 0) is 0 Å². The van der Waals surface area contributed by atoms with Crippen molar-refractivity contribution in [2.24, 2.45) is 11.8 Å². The van der Waals surface area contributed by atoms with Gasteiger partial charge in [0, 0.05) is 13.0 Å². The summed E-state index contributed by atoms with van der Waals surface area (Å²) in [5.41, 5.74) is 1.85. The first kappa shape index (κ1) is 18.0. The molecular weight excluding hydrogens is 286 g/mol. The van der Waals surface area contributed by atoms with Gasteiger partial charge in [-0.25, -0.2) is 0 Å². The Morgan fingerprint density at radius 3 is 2.65 bits per heavy atom. The van der Waals surface area contributed by atoms with Gasteiger partial charge in [0.05, 0.1) is 12.2 Å². The Bertz CT molecular complexity index is 516. The molecule has 3 heteroatoms. The van der Waals surface area contributed by atoms with Gasteiger partial charge in [-0.05, 0) is 56.8 Å². The summed E-state index contributed by atoms with van der Waals surface area (Å²) in [6.45, 7) is 12.3. The zero-order chi connectivity index (χ0) is 16.8. The number of ketones is 1. The number of carbonyl (C=O) groups excluding carboxylic acids is 1. The average molecular weight is 317 g/mol. The molecule has 1 aliphatic heterocycles. The minimum Gasteiger partial charge on any atom is -0.493 e. The third-order valence-electron chi connectivity index (χ3n) is 4.54. The molecule has 0 bridgehead atoms. The highest BCUT2D eigenvalue weighted by Gasteiger charge is 2.18. The number of carbonyl (C=O) groups is 1. The quantitative estimate of drug-likeness (QED) is 0.701. The summed E-state index contributed by atoms with van der Waals surface area (Å²) in [5.74, 6) is 2.22. The van der Waals surface area contributed by atoms with Crippen molar-refractivity contribution in [1.29, 1.82) is 0 Å². The van der Waals surface area contributed by atoms with Crippen LogP contribution in [0.1, 0.15) is 56.0 Å². The number of aryl methyl sites for hydroxylation is 1.